The summed E-state index contributed by atoms with van der Waals surface area (Å²) in [6.07, 6.45) is 10.0. The van der Waals surface area contributed by atoms with Crippen molar-refractivity contribution < 1.29 is 48.1 Å². The van der Waals surface area contributed by atoms with E-state index >= 15 is 0 Å². The Morgan fingerprint density at radius 2 is 1.80 bits per heavy atom. The van der Waals surface area contributed by atoms with Gasteiger partial charge in [-0.15, -0.1) is 36.1 Å². The van der Waals surface area contributed by atoms with Crippen LogP contribution in [0.25, 0.3) is 10.8 Å². The Morgan fingerprint density at radius 3 is 2.25 bits per heavy atom. The molecule has 0 unspecified atom stereocenters. The molecule has 1 aliphatic rings. The first-order valence-corrected chi connectivity index (χ1v) is 12.2. The zero-order chi connectivity index (χ0) is 13.2. The Morgan fingerprint density at radius 1 is 1.15 bits per heavy atom. The maximum absolute atomic E-state index is 2.99. The van der Waals surface area contributed by atoms with Gasteiger partial charge in [0, 0.05) is 0 Å². The molecule has 1 aliphatic carbocycles. The van der Waals surface area contributed by atoms with Crippen molar-refractivity contribution in [2.45, 2.75) is 19.5 Å². The van der Waals surface area contributed by atoms with E-state index in [-0.39, 0.29) is 30.2 Å². The van der Waals surface area contributed by atoms with Crippen molar-refractivity contribution >= 4 is 16.2 Å². The normalized spacial score (nSPS) is 10.4. The first-order valence-electron chi connectivity index (χ1n) is 6.04. The summed E-state index contributed by atoms with van der Waals surface area (Å²) >= 11 is 1.74. The number of hydrogen-bond acceptors (Lipinski definition) is 0. The number of rotatable bonds is 0. The first-order chi connectivity index (χ1) is 8.70. The molecule has 0 bridgehead atoms. The molecule has 0 radical (unpaired) electrons. The van der Waals surface area contributed by atoms with Crippen LogP contribution in [0.1, 0.15) is 6.42 Å². The van der Waals surface area contributed by atoms with Crippen molar-refractivity contribution in [3.8, 4) is 0 Å². The second-order valence-corrected chi connectivity index (χ2v) is 13.5. The molecule has 0 heterocycles. The van der Waals surface area contributed by atoms with Gasteiger partial charge in [0.05, 0.1) is 0 Å². The van der Waals surface area contributed by atoms with Gasteiger partial charge >= 0.3 is 41.9 Å². The monoisotopic (exact) mass is 398 g/mol. The summed E-state index contributed by atoms with van der Waals surface area (Å²) in [4.78, 5) is 0. The molecule has 0 fully saturated rings. The Labute approximate surface area is 149 Å². The zero-order valence-electron chi connectivity index (χ0n) is 11.7. The molecule has 0 N–H and O–H groups in total. The van der Waals surface area contributed by atoms with Crippen molar-refractivity contribution in [2.75, 3.05) is 0 Å². The topological polar surface area (TPSA) is 0 Å². The molecule has 2 aromatic carbocycles. The minimum atomic E-state index is 0. The fourth-order valence-electron chi connectivity index (χ4n) is 1.41. The van der Waals surface area contributed by atoms with Crippen LogP contribution < -0.4 is 24.8 Å². The van der Waals surface area contributed by atoms with Crippen molar-refractivity contribution in [1.82, 2.24) is 0 Å². The fraction of sp³-hybridized carbons (Fsp3) is 0.188. The van der Waals surface area contributed by atoms with E-state index in [1.165, 1.54) is 10.8 Å². The number of benzene rings is 1. The maximum atomic E-state index is 2.99. The summed E-state index contributed by atoms with van der Waals surface area (Å²) in [5, 5.41) is 2.66. The summed E-state index contributed by atoms with van der Waals surface area (Å²) in [7, 11) is 0. The molecule has 0 saturated carbocycles. The van der Waals surface area contributed by atoms with Crippen molar-refractivity contribution in [1.29, 1.82) is 0 Å². The first kappa shape index (κ1) is 22.3. The summed E-state index contributed by atoms with van der Waals surface area (Å²) in [5.74, 6) is 0. The maximum Gasteiger partial charge on any atom is -0.0809 e. The van der Waals surface area contributed by atoms with Crippen LogP contribution in [0.3, 0.4) is 0 Å². The second kappa shape index (κ2) is 13.9. The van der Waals surface area contributed by atoms with Crippen LogP contribution >= 0.6 is 0 Å². The predicted octanol–water partition coefficient (Wildman–Crippen LogP) is -1.34. The molecular weight excluding hydrogens is 382 g/mol. The molecule has 4 heteroatoms. The smallest absolute Gasteiger partial charge is 0.0809 e. The van der Waals surface area contributed by atoms with Gasteiger partial charge in [0.25, 0.3) is 0 Å². The molecule has 0 atom stereocenters. The van der Waals surface area contributed by atoms with Gasteiger partial charge < -0.3 is 24.8 Å². The van der Waals surface area contributed by atoms with Crippen LogP contribution in [0, 0.1) is 6.08 Å². The third-order valence-electron chi connectivity index (χ3n) is 2.13. The van der Waals surface area contributed by atoms with Gasteiger partial charge in [0.1, 0.15) is 0 Å². The van der Waals surface area contributed by atoms with Gasteiger partial charge in [-0.25, -0.2) is 12.2 Å². The van der Waals surface area contributed by atoms with E-state index in [1.54, 1.807) is 23.3 Å². The third-order valence-corrected chi connectivity index (χ3v) is 2.13. The average molecular weight is 401 g/mol. The summed E-state index contributed by atoms with van der Waals surface area (Å²) in [5.41, 5.74) is 0.210. The second-order valence-electron chi connectivity index (χ2n) is 4.16. The Hall–Kier alpha value is -0.0100. The molecule has 0 saturated heterocycles. The largest absolute Gasteiger partial charge is 1.00 e. The standard InChI is InChI=1S/C9H7.C5H5.C2H6Si.2ClH.Zr/c1-2-5-9-7-3-6-8(9)4-1;1-2-4-5-3-1;1-3-2;;;/h1-7H;1-3H,4H2;1-2H3;2*1H;/q2*-1;;;;+2/p-2. The number of halogens is 2. The van der Waals surface area contributed by atoms with Gasteiger partial charge in [0.15, 0.2) is 0 Å². The molecule has 2 aromatic rings. The quantitative estimate of drug-likeness (QED) is 0.379. The SMILES string of the molecule is C[Si](C)=[Zr+2].[C-]1=CC=CC1.[Cl-].[Cl-].c1ccc2[cH-]ccc2c1. The summed E-state index contributed by atoms with van der Waals surface area (Å²) in [6.45, 7) is 4.62. The van der Waals surface area contributed by atoms with Crippen LogP contribution in [0.15, 0.2) is 60.7 Å². The minimum absolute atomic E-state index is 0. The molecule has 0 amide bonds. The zero-order valence-corrected chi connectivity index (χ0v) is 16.7. The third kappa shape index (κ3) is 10.7. The molecule has 20 heavy (non-hydrogen) atoms. The van der Waals surface area contributed by atoms with Crippen molar-refractivity contribution in [2.24, 2.45) is 0 Å². The average Bonchev–Trinajstić information content (AvgIpc) is 3.03. The van der Waals surface area contributed by atoms with E-state index < -0.39 is 0 Å². The molecule has 0 spiro atoms. The van der Waals surface area contributed by atoms with Crippen LogP contribution in [0.4, 0.5) is 0 Å². The van der Waals surface area contributed by atoms with Crippen LogP contribution in [0.5, 0.6) is 0 Å². The molecular formula is C16H18Cl2SiZr-2. The number of hydrogen-bond donors (Lipinski definition) is 0. The van der Waals surface area contributed by atoms with E-state index in [9.17, 15) is 0 Å². The van der Waals surface area contributed by atoms with Crippen molar-refractivity contribution in [3.05, 3.63) is 66.8 Å². The van der Waals surface area contributed by atoms with E-state index in [0.29, 0.717) is 0 Å². The van der Waals surface area contributed by atoms with Gasteiger partial charge in [0.2, 0.25) is 0 Å². The van der Waals surface area contributed by atoms with Crippen molar-refractivity contribution in [3.63, 3.8) is 0 Å². The van der Waals surface area contributed by atoms with Crippen LogP contribution in [0.2, 0.25) is 13.1 Å². The number of allylic oxidation sites excluding steroid dienone is 4. The molecule has 0 nitrogen and oxygen atoms in total. The summed E-state index contributed by atoms with van der Waals surface area (Å²) in [6, 6.07) is 14.7. The van der Waals surface area contributed by atoms with Crippen LogP contribution in [-0.2, 0) is 23.3 Å². The molecule has 3 rings (SSSR count). The fourth-order valence-corrected chi connectivity index (χ4v) is 1.41. The number of fused-ring (bicyclic) bond motifs is 1. The van der Waals surface area contributed by atoms with E-state index in [1.807, 2.05) is 12.2 Å². The predicted molar refractivity (Wildman–Crippen MR) is 78.6 cm³/mol. The minimum Gasteiger partial charge on any atom is -1.00 e. The van der Waals surface area contributed by atoms with Gasteiger partial charge in [-0.05, 0) is 0 Å². The Kier molecular flexibility index (Phi) is 15.5. The molecule has 0 aliphatic heterocycles. The van der Waals surface area contributed by atoms with E-state index in [4.69, 9.17) is 0 Å². The van der Waals surface area contributed by atoms with E-state index in [2.05, 4.69) is 67.7 Å². The Balaban J connectivity index is 0. The van der Waals surface area contributed by atoms with Gasteiger partial charge in [-0.2, -0.15) is 23.6 Å². The van der Waals surface area contributed by atoms with Gasteiger partial charge in [-0.3, -0.25) is 6.08 Å². The van der Waals surface area contributed by atoms with Crippen LogP contribution in [-0.4, -0.2) is 5.43 Å². The molecule has 0 aromatic heterocycles. The summed E-state index contributed by atoms with van der Waals surface area (Å²) < 4.78 is 0. The Bertz CT molecular complexity index is 500. The molecule has 106 valence electrons. The van der Waals surface area contributed by atoms with Gasteiger partial charge in [-0.1, -0.05) is 6.07 Å². The van der Waals surface area contributed by atoms with E-state index in [0.717, 1.165) is 6.42 Å².